The molecule has 0 saturated heterocycles. The maximum atomic E-state index is 4.48. The Hall–Kier alpha value is -1.88. The monoisotopic (exact) mass is 286 g/mol. The second-order valence-corrected chi connectivity index (χ2v) is 6.15. The summed E-state index contributed by atoms with van der Waals surface area (Å²) in [6.45, 7) is 7.19. The highest BCUT2D eigenvalue weighted by atomic mass is 32.1. The minimum Gasteiger partial charge on any atom is -0.378 e. The second-order valence-electron chi connectivity index (χ2n) is 4.91. The minimum atomic E-state index is 0.238. The summed E-state index contributed by atoms with van der Waals surface area (Å²) in [5.74, 6) is 0. The first-order chi connectivity index (χ1) is 9.65. The Bertz CT molecular complexity index is 728. The lowest BCUT2D eigenvalue weighted by Gasteiger charge is -2.13. The van der Waals surface area contributed by atoms with Crippen molar-refractivity contribution in [1.29, 1.82) is 0 Å². The van der Waals surface area contributed by atoms with Gasteiger partial charge in [0.25, 0.3) is 0 Å². The molecule has 1 aromatic carbocycles. The summed E-state index contributed by atoms with van der Waals surface area (Å²) in [6.07, 6.45) is 4.02. The van der Waals surface area contributed by atoms with E-state index in [1.807, 2.05) is 17.8 Å². The number of hydrogen-bond acceptors (Lipinski definition) is 4. The van der Waals surface area contributed by atoms with Gasteiger partial charge in [-0.3, -0.25) is 4.68 Å². The highest BCUT2D eigenvalue weighted by Gasteiger charge is 2.09. The Morgan fingerprint density at radius 2 is 2.25 bits per heavy atom. The number of hydrogen-bond donors (Lipinski definition) is 1. The lowest BCUT2D eigenvalue weighted by atomic mass is 10.2. The number of rotatable bonds is 4. The van der Waals surface area contributed by atoms with Crippen LogP contribution in [0.3, 0.4) is 0 Å². The molecule has 3 rings (SSSR count). The highest BCUT2D eigenvalue weighted by Crippen LogP contribution is 2.26. The molecule has 0 fully saturated rings. The average molecular weight is 286 g/mol. The van der Waals surface area contributed by atoms with E-state index >= 15 is 0 Å². The topological polar surface area (TPSA) is 42.7 Å². The fraction of sp³-hybridized carbons (Fsp3) is 0.333. The van der Waals surface area contributed by atoms with Crippen molar-refractivity contribution in [1.82, 2.24) is 14.8 Å². The molecule has 0 amide bonds. The number of nitrogens with one attached hydrogen (secondary N) is 1. The van der Waals surface area contributed by atoms with E-state index in [1.165, 1.54) is 10.3 Å². The summed E-state index contributed by atoms with van der Waals surface area (Å²) < 4.78 is 3.17. The smallest absolute Gasteiger partial charge is 0.0907 e. The molecule has 1 atom stereocenters. The molecule has 0 aliphatic carbocycles. The molecule has 0 aliphatic rings. The van der Waals surface area contributed by atoms with Gasteiger partial charge in [0.05, 0.1) is 27.5 Å². The van der Waals surface area contributed by atoms with E-state index in [0.29, 0.717) is 0 Å². The minimum absolute atomic E-state index is 0.238. The largest absolute Gasteiger partial charge is 0.378 e. The van der Waals surface area contributed by atoms with Crippen molar-refractivity contribution >= 4 is 27.2 Å². The van der Waals surface area contributed by atoms with Crippen LogP contribution in [0.1, 0.15) is 30.5 Å². The Morgan fingerprint density at radius 1 is 1.40 bits per heavy atom. The molecule has 0 saturated carbocycles. The lowest BCUT2D eigenvalue weighted by Crippen LogP contribution is -2.05. The van der Waals surface area contributed by atoms with E-state index in [-0.39, 0.29) is 6.04 Å². The number of fused-ring (bicyclic) bond motifs is 1. The van der Waals surface area contributed by atoms with E-state index < -0.39 is 0 Å². The van der Waals surface area contributed by atoms with Crippen molar-refractivity contribution in [3.8, 4) is 0 Å². The Kier molecular flexibility index (Phi) is 3.44. The van der Waals surface area contributed by atoms with Crippen molar-refractivity contribution in [2.75, 3.05) is 5.32 Å². The molecule has 20 heavy (non-hydrogen) atoms. The Morgan fingerprint density at radius 3 is 3.00 bits per heavy atom. The fourth-order valence-corrected chi connectivity index (χ4v) is 3.11. The first kappa shape index (κ1) is 13.1. The molecule has 3 aromatic rings. The molecule has 1 N–H and O–H groups in total. The molecule has 1 unspecified atom stereocenters. The number of aryl methyl sites for hydroxylation is 2. The molecule has 4 nitrogen and oxygen atoms in total. The van der Waals surface area contributed by atoms with E-state index in [4.69, 9.17) is 0 Å². The van der Waals surface area contributed by atoms with Crippen LogP contribution < -0.4 is 5.32 Å². The van der Waals surface area contributed by atoms with Crippen molar-refractivity contribution in [2.24, 2.45) is 0 Å². The van der Waals surface area contributed by atoms with Gasteiger partial charge in [-0.25, -0.2) is 4.98 Å². The van der Waals surface area contributed by atoms with Gasteiger partial charge in [-0.15, -0.1) is 11.3 Å². The van der Waals surface area contributed by atoms with Crippen LogP contribution in [-0.2, 0) is 6.54 Å². The molecule has 5 heteroatoms. The third-order valence-electron chi connectivity index (χ3n) is 3.36. The number of anilines is 1. The van der Waals surface area contributed by atoms with Crippen molar-refractivity contribution < 1.29 is 0 Å². The van der Waals surface area contributed by atoms with Crippen LogP contribution in [-0.4, -0.2) is 14.8 Å². The lowest BCUT2D eigenvalue weighted by molar-refractivity contribution is 0.658. The van der Waals surface area contributed by atoms with E-state index in [2.05, 4.69) is 53.6 Å². The van der Waals surface area contributed by atoms with Crippen LogP contribution in [0.4, 0.5) is 5.69 Å². The molecule has 0 bridgehead atoms. The van der Waals surface area contributed by atoms with Crippen molar-refractivity contribution in [3.05, 3.63) is 41.2 Å². The van der Waals surface area contributed by atoms with Gasteiger partial charge in [0.2, 0.25) is 0 Å². The van der Waals surface area contributed by atoms with Gasteiger partial charge in [0.1, 0.15) is 0 Å². The maximum Gasteiger partial charge on any atom is 0.0907 e. The zero-order valence-corrected chi connectivity index (χ0v) is 12.7. The van der Waals surface area contributed by atoms with Crippen LogP contribution in [0, 0.1) is 6.92 Å². The maximum absolute atomic E-state index is 4.48. The third-order valence-corrected chi connectivity index (χ3v) is 4.29. The van der Waals surface area contributed by atoms with Crippen LogP contribution in [0.25, 0.3) is 10.2 Å². The average Bonchev–Trinajstić information content (AvgIpc) is 3.03. The van der Waals surface area contributed by atoms with Crippen molar-refractivity contribution in [2.45, 2.75) is 33.4 Å². The zero-order valence-electron chi connectivity index (χ0n) is 11.9. The number of thiazole rings is 1. The van der Waals surface area contributed by atoms with Gasteiger partial charge in [-0.2, -0.15) is 5.10 Å². The summed E-state index contributed by atoms with van der Waals surface area (Å²) in [4.78, 5) is 4.48. The zero-order chi connectivity index (χ0) is 14.1. The molecule has 0 aliphatic heterocycles. The standard InChI is InChI=1S/C15H18N4S/c1-4-19-9-12(8-16-19)10(2)17-13-5-6-14-15(7-13)20-11(3)18-14/h5-10,17H,4H2,1-3H3. The van der Waals surface area contributed by atoms with Gasteiger partial charge < -0.3 is 5.32 Å². The Balaban J connectivity index is 1.80. The van der Waals surface area contributed by atoms with E-state index in [1.54, 1.807) is 11.3 Å². The number of aromatic nitrogens is 3. The predicted molar refractivity (Wildman–Crippen MR) is 84.3 cm³/mol. The summed E-state index contributed by atoms with van der Waals surface area (Å²) >= 11 is 1.73. The van der Waals surface area contributed by atoms with Crippen LogP contribution in [0.5, 0.6) is 0 Å². The van der Waals surface area contributed by atoms with E-state index in [9.17, 15) is 0 Å². The van der Waals surface area contributed by atoms with Gasteiger partial charge in [0, 0.05) is 24.0 Å². The third kappa shape index (κ3) is 2.54. The van der Waals surface area contributed by atoms with Gasteiger partial charge in [0.15, 0.2) is 0 Å². The molecule has 0 spiro atoms. The summed E-state index contributed by atoms with van der Waals surface area (Å²) in [5, 5.41) is 8.95. The fourth-order valence-electron chi connectivity index (χ4n) is 2.24. The Labute approximate surface area is 122 Å². The van der Waals surface area contributed by atoms with Crippen molar-refractivity contribution in [3.63, 3.8) is 0 Å². The van der Waals surface area contributed by atoms with Crippen LogP contribution in [0.15, 0.2) is 30.6 Å². The predicted octanol–water partition coefficient (Wildman–Crippen LogP) is 3.99. The molecule has 0 radical (unpaired) electrons. The normalized spacial score (nSPS) is 12.8. The van der Waals surface area contributed by atoms with Gasteiger partial charge >= 0.3 is 0 Å². The summed E-state index contributed by atoms with van der Waals surface area (Å²) in [5.41, 5.74) is 3.40. The second kappa shape index (κ2) is 5.25. The molecule has 2 heterocycles. The SMILES string of the molecule is CCn1cc(C(C)Nc2ccc3nc(C)sc3c2)cn1. The van der Waals surface area contributed by atoms with Crippen LogP contribution in [0.2, 0.25) is 0 Å². The number of nitrogens with zero attached hydrogens (tertiary/aromatic N) is 3. The van der Waals surface area contributed by atoms with E-state index in [0.717, 1.165) is 22.8 Å². The van der Waals surface area contributed by atoms with Crippen LogP contribution >= 0.6 is 11.3 Å². The molecule has 2 aromatic heterocycles. The molecular weight excluding hydrogens is 268 g/mol. The molecular formula is C15H18N4S. The summed E-state index contributed by atoms with van der Waals surface area (Å²) in [6, 6.07) is 6.56. The van der Waals surface area contributed by atoms with Gasteiger partial charge in [-0.05, 0) is 39.0 Å². The first-order valence-corrected chi connectivity index (χ1v) is 7.63. The number of benzene rings is 1. The highest BCUT2D eigenvalue weighted by molar-refractivity contribution is 7.18. The van der Waals surface area contributed by atoms with Gasteiger partial charge in [-0.1, -0.05) is 0 Å². The first-order valence-electron chi connectivity index (χ1n) is 6.82. The molecule has 104 valence electrons. The quantitative estimate of drug-likeness (QED) is 0.788. The summed E-state index contributed by atoms with van der Waals surface area (Å²) in [7, 11) is 0.